The third-order valence-corrected chi connectivity index (χ3v) is 7.30. The normalized spacial score (nSPS) is 21.7. The van der Waals surface area contributed by atoms with Crippen LogP contribution in [-0.4, -0.2) is 55.8 Å². The van der Waals surface area contributed by atoms with Crippen LogP contribution in [0, 0.1) is 5.92 Å². The van der Waals surface area contributed by atoms with Crippen molar-refractivity contribution in [2.45, 2.75) is 64.3 Å². The lowest BCUT2D eigenvalue weighted by Gasteiger charge is -2.34. The van der Waals surface area contributed by atoms with Crippen molar-refractivity contribution in [3.05, 3.63) is 45.5 Å². The number of allylic oxidation sites excluding steroid dienone is 2. The molecule has 2 aromatic rings. The number of aromatic nitrogens is 3. The summed E-state index contributed by atoms with van der Waals surface area (Å²) >= 11 is 0. The van der Waals surface area contributed by atoms with E-state index in [0.29, 0.717) is 43.0 Å². The summed E-state index contributed by atoms with van der Waals surface area (Å²) in [7, 11) is 0. The van der Waals surface area contributed by atoms with E-state index in [1.54, 1.807) is 4.90 Å². The Morgan fingerprint density at radius 1 is 1.12 bits per heavy atom. The van der Waals surface area contributed by atoms with Gasteiger partial charge in [0.15, 0.2) is 5.65 Å². The fraction of sp³-hybridized carbons (Fsp3) is 0.583. The third kappa shape index (κ3) is 3.76. The Balaban J connectivity index is 1.31. The predicted octanol–water partition coefficient (Wildman–Crippen LogP) is 2.38. The zero-order valence-electron chi connectivity index (χ0n) is 18.7. The van der Waals surface area contributed by atoms with E-state index >= 15 is 0 Å². The van der Waals surface area contributed by atoms with E-state index in [4.69, 9.17) is 4.98 Å². The lowest BCUT2D eigenvalue weighted by Crippen LogP contribution is -2.41. The van der Waals surface area contributed by atoms with Gasteiger partial charge in [0.25, 0.3) is 5.56 Å². The summed E-state index contributed by atoms with van der Waals surface area (Å²) in [6, 6.07) is 1.99. The third-order valence-electron chi connectivity index (χ3n) is 7.30. The van der Waals surface area contributed by atoms with Crippen molar-refractivity contribution in [2.75, 3.05) is 19.6 Å². The Morgan fingerprint density at radius 2 is 1.94 bits per heavy atom. The van der Waals surface area contributed by atoms with Gasteiger partial charge in [-0.1, -0.05) is 19.1 Å². The van der Waals surface area contributed by atoms with Crippen molar-refractivity contribution in [2.24, 2.45) is 5.92 Å². The molecule has 1 saturated heterocycles. The minimum atomic E-state index is -0.108. The second kappa shape index (κ2) is 8.56. The Kier molecular flexibility index (Phi) is 5.61. The first kappa shape index (κ1) is 21.0. The number of piperidine rings is 1. The molecule has 1 unspecified atom stereocenters. The lowest BCUT2D eigenvalue weighted by atomic mass is 9.90. The summed E-state index contributed by atoms with van der Waals surface area (Å²) in [6.45, 7) is 4.30. The molecular formula is C24H31N5O3. The molecule has 3 aliphatic rings. The topological polar surface area (TPSA) is 90.8 Å². The number of hydrogen-bond acceptors (Lipinski definition) is 4. The Labute approximate surface area is 187 Å². The van der Waals surface area contributed by atoms with Crippen LogP contribution in [0.15, 0.2) is 23.0 Å². The molecule has 8 heteroatoms. The van der Waals surface area contributed by atoms with E-state index in [-0.39, 0.29) is 23.3 Å². The molecule has 0 aromatic carbocycles. The van der Waals surface area contributed by atoms with Crippen LogP contribution in [0.5, 0.6) is 0 Å². The van der Waals surface area contributed by atoms with Gasteiger partial charge >= 0.3 is 0 Å². The largest absolute Gasteiger partial charge is 0.342 e. The minimum absolute atomic E-state index is 0.0675. The van der Waals surface area contributed by atoms with Gasteiger partial charge in [0.1, 0.15) is 0 Å². The van der Waals surface area contributed by atoms with Gasteiger partial charge in [-0.25, -0.2) is 9.50 Å². The highest BCUT2D eigenvalue weighted by molar-refractivity contribution is 5.79. The fourth-order valence-corrected chi connectivity index (χ4v) is 5.33. The molecule has 1 aliphatic carbocycles. The molecule has 2 amide bonds. The molecule has 8 nitrogen and oxygen atoms in total. The van der Waals surface area contributed by atoms with Crippen molar-refractivity contribution in [3.63, 3.8) is 0 Å². The van der Waals surface area contributed by atoms with Gasteiger partial charge in [0.2, 0.25) is 11.8 Å². The number of nitrogens with zero attached hydrogens (tertiary/aromatic N) is 4. The highest BCUT2D eigenvalue weighted by atomic mass is 16.2. The van der Waals surface area contributed by atoms with Crippen LogP contribution in [0.1, 0.15) is 68.3 Å². The zero-order chi connectivity index (χ0) is 22.2. The number of nitrogens with one attached hydrogen (secondary N) is 1. The lowest BCUT2D eigenvalue weighted by molar-refractivity contribution is -0.137. The number of rotatable bonds is 3. The molecule has 32 heavy (non-hydrogen) atoms. The van der Waals surface area contributed by atoms with Crippen molar-refractivity contribution >= 4 is 17.5 Å². The van der Waals surface area contributed by atoms with Crippen molar-refractivity contribution in [1.82, 2.24) is 24.4 Å². The zero-order valence-corrected chi connectivity index (χ0v) is 18.7. The fourth-order valence-electron chi connectivity index (χ4n) is 5.33. The van der Waals surface area contributed by atoms with Gasteiger partial charge in [-0.3, -0.25) is 19.5 Å². The van der Waals surface area contributed by atoms with Crippen LogP contribution in [0.4, 0.5) is 0 Å². The number of amides is 2. The van der Waals surface area contributed by atoms with Crippen LogP contribution >= 0.6 is 0 Å². The SMILES string of the molecule is CCC(=O)N1CCc2nc3cc(C4CCN(C(=O)C5CC=CCC5)CC4)[nH]n3c(=O)c2C1. The Hall–Kier alpha value is -2.90. The van der Waals surface area contributed by atoms with Crippen molar-refractivity contribution < 1.29 is 9.59 Å². The first-order chi connectivity index (χ1) is 15.5. The monoisotopic (exact) mass is 437 g/mol. The van der Waals surface area contributed by atoms with Gasteiger partial charge in [-0.15, -0.1) is 0 Å². The summed E-state index contributed by atoms with van der Waals surface area (Å²) in [6.07, 6.45) is 9.94. The summed E-state index contributed by atoms with van der Waals surface area (Å²) in [4.78, 5) is 46.6. The van der Waals surface area contributed by atoms with E-state index < -0.39 is 0 Å². The average molecular weight is 438 g/mol. The highest BCUT2D eigenvalue weighted by Crippen LogP contribution is 2.30. The van der Waals surface area contributed by atoms with Crippen LogP contribution in [0.3, 0.4) is 0 Å². The van der Waals surface area contributed by atoms with Gasteiger partial charge < -0.3 is 9.80 Å². The van der Waals surface area contributed by atoms with E-state index in [9.17, 15) is 14.4 Å². The molecule has 1 N–H and O–H groups in total. The van der Waals surface area contributed by atoms with Crippen LogP contribution in [0.2, 0.25) is 0 Å². The van der Waals surface area contributed by atoms with E-state index in [1.165, 1.54) is 4.52 Å². The van der Waals surface area contributed by atoms with E-state index in [2.05, 4.69) is 17.3 Å². The molecule has 2 aromatic heterocycles. The average Bonchev–Trinajstić information content (AvgIpc) is 3.28. The number of fused-ring (bicyclic) bond motifs is 2. The van der Waals surface area contributed by atoms with Gasteiger partial charge in [0.05, 0.1) is 17.8 Å². The maximum absolute atomic E-state index is 13.1. The predicted molar refractivity (Wildman–Crippen MR) is 120 cm³/mol. The van der Waals surface area contributed by atoms with Gasteiger partial charge in [-0.05, 0) is 32.1 Å². The summed E-state index contributed by atoms with van der Waals surface area (Å²) in [5, 5.41) is 3.27. The van der Waals surface area contributed by atoms with Gasteiger partial charge in [-0.2, -0.15) is 0 Å². The molecule has 1 fully saturated rings. The maximum atomic E-state index is 13.1. The minimum Gasteiger partial charge on any atom is -0.342 e. The molecule has 0 bridgehead atoms. The maximum Gasteiger partial charge on any atom is 0.277 e. The van der Waals surface area contributed by atoms with Crippen LogP contribution in [-0.2, 0) is 22.6 Å². The van der Waals surface area contributed by atoms with Crippen LogP contribution < -0.4 is 5.56 Å². The number of carbonyl (C=O) groups is 2. The summed E-state index contributed by atoms with van der Waals surface area (Å²) in [5.41, 5.74) is 2.97. The molecule has 170 valence electrons. The number of likely N-dealkylation sites (tertiary alicyclic amines) is 1. The molecule has 0 radical (unpaired) electrons. The molecular weight excluding hydrogens is 406 g/mol. The standard InChI is InChI=1S/C24H31N5O3/c1-2-22(30)28-13-10-19-18(15-28)24(32)29-21(25-19)14-20(26-29)16-8-11-27(12-9-16)23(31)17-6-4-3-5-7-17/h3-4,14,16-17,26H,2,5-13,15H2,1H3. The number of carbonyl (C=O) groups excluding carboxylic acids is 2. The van der Waals surface area contributed by atoms with Gasteiger partial charge in [0, 0.05) is 56.1 Å². The quantitative estimate of drug-likeness (QED) is 0.747. The van der Waals surface area contributed by atoms with Crippen LogP contribution in [0.25, 0.3) is 5.65 Å². The van der Waals surface area contributed by atoms with Crippen molar-refractivity contribution in [1.29, 1.82) is 0 Å². The molecule has 0 saturated carbocycles. The summed E-state index contributed by atoms with van der Waals surface area (Å²) in [5.74, 6) is 0.776. The highest BCUT2D eigenvalue weighted by Gasteiger charge is 2.30. The molecule has 4 heterocycles. The van der Waals surface area contributed by atoms with E-state index in [0.717, 1.165) is 56.6 Å². The second-order valence-corrected chi connectivity index (χ2v) is 9.25. The number of H-pyrrole nitrogens is 1. The molecule has 0 spiro atoms. The molecule has 2 aliphatic heterocycles. The first-order valence-corrected chi connectivity index (χ1v) is 11.9. The summed E-state index contributed by atoms with van der Waals surface area (Å²) < 4.78 is 1.53. The second-order valence-electron chi connectivity index (χ2n) is 9.25. The number of hydrogen-bond donors (Lipinski definition) is 1. The molecule has 1 atom stereocenters. The first-order valence-electron chi connectivity index (χ1n) is 11.9. The molecule has 5 rings (SSSR count). The van der Waals surface area contributed by atoms with Crippen molar-refractivity contribution in [3.8, 4) is 0 Å². The Bertz CT molecular complexity index is 1120. The Morgan fingerprint density at radius 3 is 2.66 bits per heavy atom. The number of aromatic amines is 1. The van der Waals surface area contributed by atoms with E-state index in [1.807, 2.05) is 17.9 Å². The smallest absolute Gasteiger partial charge is 0.277 e.